The summed E-state index contributed by atoms with van der Waals surface area (Å²) in [5, 5.41) is 8.74. The summed E-state index contributed by atoms with van der Waals surface area (Å²) in [6, 6.07) is 4.44. The first kappa shape index (κ1) is 11.7. The molecule has 5 nitrogen and oxygen atoms in total. The second-order valence-electron chi connectivity index (χ2n) is 4.53. The lowest BCUT2D eigenvalue weighted by Crippen LogP contribution is -2.32. The van der Waals surface area contributed by atoms with E-state index in [2.05, 4.69) is 0 Å². The molecule has 0 saturated heterocycles. The molecular weight excluding hydrogens is 222 g/mol. The molecule has 1 heterocycles. The lowest BCUT2D eigenvalue weighted by Gasteiger charge is -2.16. The zero-order valence-electron chi connectivity index (χ0n) is 9.77. The van der Waals surface area contributed by atoms with Crippen LogP contribution in [0.4, 0.5) is 0 Å². The minimum atomic E-state index is -1.01. The Hall–Kier alpha value is -1.75. The number of hydrogen-bond acceptors (Lipinski definition) is 4. The van der Waals surface area contributed by atoms with Gasteiger partial charge in [-0.15, -0.1) is 0 Å². The second-order valence-corrected chi connectivity index (χ2v) is 4.53. The van der Waals surface area contributed by atoms with Gasteiger partial charge in [0.15, 0.2) is 11.5 Å². The van der Waals surface area contributed by atoms with Crippen molar-refractivity contribution < 1.29 is 19.4 Å². The van der Waals surface area contributed by atoms with Crippen molar-refractivity contribution in [2.24, 2.45) is 5.73 Å². The minimum absolute atomic E-state index is 0.270. The highest BCUT2D eigenvalue weighted by atomic mass is 16.7. The molecular formula is C12H15NO4. The molecule has 0 spiro atoms. The molecule has 0 fully saturated rings. The summed E-state index contributed by atoms with van der Waals surface area (Å²) in [5.74, 6) is -0.383. The number of carboxylic acid groups (broad SMARTS) is 1. The molecule has 0 saturated carbocycles. The summed E-state index contributed by atoms with van der Waals surface area (Å²) in [5.41, 5.74) is 6.29. The lowest BCUT2D eigenvalue weighted by molar-refractivity contribution is -0.138. The van der Waals surface area contributed by atoms with E-state index in [-0.39, 0.29) is 6.42 Å². The topological polar surface area (TPSA) is 81.8 Å². The first-order chi connectivity index (χ1) is 7.87. The van der Waals surface area contributed by atoms with Crippen molar-refractivity contribution in [1.82, 2.24) is 0 Å². The molecule has 1 aliphatic rings. The van der Waals surface area contributed by atoms with Crippen LogP contribution in [0.15, 0.2) is 18.2 Å². The SMILES string of the molecule is CC1(C)Oc2ccc(CC(N)C(=O)O)cc2O1. The number of carboxylic acids is 1. The zero-order valence-corrected chi connectivity index (χ0v) is 9.77. The van der Waals surface area contributed by atoms with E-state index in [1.807, 2.05) is 13.8 Å². The summed E-state index contributed by atoms with van der Waals surface area (Å²) in [7, 11) is 0. The van der Waals surface area contributed by atoms with Crippen molar-refractivity contribution in [3.63, 3.8) is 0 Å². The van der Waals surface area contributed by atoms with E-state index < -0.39 is 17.8 Å². The van der Waals surface area contributed by atoms with E-state index in [1.165, 1.54) is 0 Å². The highest BCUT2D eigenvalue weighted by Gasteiger charge is 2.31. The first-order valence-corrected chi connectivity index (χ1v) is 5.37. The van der Waals surface area contributed by atoms with E-state index >= 15 is 0 Å². The highest BCUT2D eigenvalue weighted by Crippen LogP contribution is 2.39. The first-order valence-electron chi connectivity index (χ1n) is 5.37. The molecule has 0 amide bonds. The van der Waals surface area contributed by atoms with Crippen LogP contribution in [0.5, 0.6) is 11.5 Å². The minimum Gasteiger partial charge on any atom is -0.480 e. The van der Waals surface area contributed by atoms with Crippen LogP contribution in [-0.4, -0.2) is 22.9 Å². The van der Waals surface area contributed by atoms with Gasteiger partial charge in [-0.2, -0.15) is 0 Å². The van der Waals surface area contributed by atoms with Crippen molar-refractivity contribution in [2.45, 2.75) is 32.1 Å². The van der Waals surface area contributed by atoms with E-state index in [0.29, 0.717) is 11.5 Å². The Morgan fingerprint density at radius 1 is 1.41 bits per heavy atom. The predicted molar refractivity (Wildman–Crippen MR) is 61.1 cm³/mol. The van der Waals surface area contributed by atoms with Crippen molar-refractivity contribution in [3.8, 4) is 11.5 Å². The maximum Gasteiger partial charge on any atom is 0.320 e. The third-order valence-electron chi connectivity index (χ3n) is 2.49. The molecule has 0 aliphatic carbocycles. The quantitative estimate of drug-likeness (QED) is 0.824. The van der Waals surface area contributed by atoms with Crippen molar-refractivity contribution >= 4 is 5.97 Å². The molecule has 1 aliphatic heterocycles. The molecule has 1 aromatic rings. The van der Waals surface area contributed by atoms with Crippen LogP contribution in [-0.2, 0) is 11.2 Å². The van der Waals surface area contributed by atoms with Crippen LogP contribution >= 0.6 is 0 Å². The van der Waals surface area contributed by atoms with Crippen LogP contribution < -0.4 is 15.2 Å². The molecule has 92 valence electrons. The van der Waals surface area contributed by atoms with Gasteiger partial charge in [0.05, 0.1) is 0 Å². The van der Waals surface area contributed by atoms with Gasteiger partial charge in [-0.25, -0.2) is 0 Å². The maximum atomic E-state index is 10.7. The van der Waals surface area contributed by atoms with Crippen LogP contribution in [0.2, 0.25) is 0 Å². The Labute approximate surface area is 99.1 Å². The number of aliphatic carboxylic acids is 1. The average molecular weight is 237 g/mol. The highest BCUT2D eigenvalue weighted by molar-refractivity contribution is 5.73. The fourth-order valence-corrected chi connectivity index (χ4v) is 1.74. The van der Waals surface area contributed by atoms with Gasteiger partial charge in [0.25, 0.3) is 0 Å². The van der Waals surface area contributed by atoms with E-state index in [4.69, 9.17) is 20.3 Å². The molecule has 0 bridgehead atoms. The van der Waals surface area contributed by atoms with Gasteiger partial charge in [-0.05, 0) is 24.1 Å². The van der Waals surface area contributed by atoms with Crippen molar-refractivity contribution in [2.75, 3.05) is 0 Å². The van der Waals surface area contributed by atoms with Gasteiger partial charge in [0.1, 0.15) is 6.04 Å². The fourth-order valence-electron chi connectivity index (χ4n) is 1.74. The Balaban J connectivity index is 2.16. The number of nitrogens with two attached hydrogens (primary N) is 1. The normalized spacial score (nSPS) is 17.8. The summed E-state index contributed by atoms with van der Waals surface area (Å²) in [6.45, 7) is 3.63. The van der Waals surface area contributed by atoms with Gasteiger partial charge in [0, 0.05) is 13.8 Å². The molecule has 5 heteroatoms. The van der Waals surface area contributed by atoms with Crippen LogP contribution in [0.25, 0.3) is 0 Å². The number of carbonyl (C=O) groups is 1. The smallest absolute Gasteiger partial charge is 0.320 e. The van der Waals surface area contributed by atoms with Crippen molar-refractivity contribution in [1.29, 1.82) is 0 Å². The Morgan fingerprint density at radius 3 is 2.71 bits per heavy atom. The number of fused-ring (bicyclic) bond motifs is 1. The molecule has 1 aromatic carbocycles. The van der Waals surface area contributed by atoms with E-state index in [1.54, 1.807) is 18.2 Å². The molecule has 0 aromatic heterocycles. The Kier molecular flexibility index (Phi) is 2.71. The molecule has 17 heavy (non-hydrogen) atoms. The third-order valence-corrected chi connectivity index (χ3v) is 2.49. The van der Waals surface area contributed by atoms with Gasteiger partial charge >= 0.3 is 5.97 Å². The van der Waals surface area contributed by atoms with Gasteiger partial charge in [-0.3, -0.25) is 4.79 Å². The summed E-state index contributed by atoms with van der Waals surface area (Å²) in [4.78, 5) is 10.7. The largest absolute Gasteiger partial charge is 0.480 e. The van der Waals surface area contributed by atoms with Crippen LogP contribution in [0, 0.1) is 0 Å². The monoisotopic (exact) mass is 237 g/mol. The van der Waals surface area contributed by atoms with Crippen LogP contribution in [0.1, 0.15) is 19.4 Å². The van der Waals surface area contributed by atoms with Gasteiger partial charge in [-0.1, -0.05) is 6.07 Å². The predicted octanol–water partition coefficient (Wildman–Crippen LogP) is 1.15. The second kappa shape index (κ2) is 3.92. The van der Waals surface area contributed by atoms with E-state index in [0.717, 1.165) is 5.56 Å². The number of hydrogen-bond donors (Lipinski definition) is 2. The van der Waals surface area contributed by atoms with Gasteiger partial charge in [0.2, 0.25) is 5.79 Å². The molecule has 2 rings (SSSR count). The standard InChI is InChI=1S/C12H15NO4/c1-12(2)16-9-4-3-7(6-10(9)17-12)5-8(13)11(14)15/h3-4,6,8H,5,13H2,1-2H3,(H,14,15). The summed E-state index contributed by atoms with van der Waals surface area (Å²) >= 11 is 0. The van der Waals surface area contributed by atoms with Crippen LogP contribution in [0.3, 0.4) is 0 Å². The summed E-state index contributed by atoms with van der Waals surface area (Å²) in [6.07, 6.45) is 0.270. The van der Waals surface area contributed by atoms with E-state index in [9.17, 15) is 4.79 Å². The fraction of sp³-hybridized carbons (Fsp3) is 0.417. The number of ether oxygens (including phenoxy) is 2. The molecule has 1 unspecified atom stereocenters. The lowest BCUT2D eigenvalue weighted by atomic mass is 10.1. The molecule has 3 N–H and O–H groups in total. The number of benzene rings is 1. The molecule has 1 atom stereocenters. The maximum absolute atomic E-state index is 10.7. The zero-order chi connectivity index (χ0) is 12.6. The average Bonchev–Trinajstić information content (AvgIpc) is 2.50. The summed E-state index contributed by atoms with van der Waals surface area (Å²) < 4.78 is 11.1. The number of rotatable bonds is 3. The van der Waals surface area contributed by atoms with Gasteiger partial charge < -0.3 is 20.3 Å². The Morgan fingerprint density at radius 2 is 2.06 bits per heavy atom. The van der Waals surface area contributed by atoms with Crippen molar-refractivity contribution in [3.05, 3.63) is 23.8 Å². The Bertz CT molecular complexity index is 456. The molecule has 0 radical (unpaired) electrons. The third kappa shape index (κ3) is 2.50.